The van der Waals surface area contributed by atoms with Gasteiger partial charge in [-0.05, 0) is 62.8 Å². The number of hydrogen-bond acceptors (Lipinski definition) is 7. The van der Waals surface area contributed by atoms with Crippen molar-refractivity contribution in [1.82, 2.24) is 15.1 Å². The molecule has 0 spiro atoms. The molecule has 3 rings (SSSR count). The van der Waals surface area contributed by atoms with Crippen LogP contribution in [0.3, 0.4) is 0 Å². The molecule has 1 aliphatic heterocycles. The third-order valence-corrected chi connectivity index (χ3v) is 7.95. The van der Waals surface area contributed by atoms with E-state index in [-0.39, 0.29) is 42.4 Å². The summed E-state index contributed by atoms with van der Waals surface area (Å²) in [6.07, 6.45) is 2.93. The average molecular weight is 648 g/mol. The molecule has 9 nitrogen and oxygen atoms in total. The zero-order valence-corrected chi connectivity index (χ0v) is 28.8. The number of ether oxygens (including phenoxy) is 4. The smallest absolute Gasteiger partial charge is 0.409 e. The van der Waals surface area contributed by atoms with Crippen LogP contribution in [0, 0.1) is 11.8 Å². The minimum Gasteiger partial charge on any atom is -0.493 e. The SMILES string of the molecule is COCCCOc1cc(C(=O)N(C(C)C)[C@H]2CNC[C@@H](COC(=O)N(CCc3ccccc3)CCC(C)C)C2)ccc1OC.Cl. The second-order valence-corrected chi connectivity index (χ2v) is 12.3. The van der Waals surface area contributed by atoms with E-state index in [0.717, 1.165) is 32.2 Å². The van der Waals surface area contributed by atoms with Gasteiger partial charge in [0.25, 0.3) is 5.91 Å². The molecular weight excluding hydrogens is 594 g/mol. The van der Waals surface area contributed by atoms with Crippen molar-refractivity contribution in [2.45, 2.75) is 65.5 Å². The maximum atomic E-state index is 13.9. The molecule has 0 saturated carbocycles. The summed E-state index contributed by atoms with van der Waals surface area (Å²) in [4.78, 5) is 30.9. The summed E-state index contributed by atoms with van der Waals surface area (Å²) in [6.45, 7) is 12.5. The summed E-state index contributed by atoms with van der Waals surface area (Å²) in [5.74, 6) is 1.66. The summed E-state index contributed by atoms with van der Waals surface area (Å²) < 4.78 is 22.4. The van der Waals surface area contributed by atoms with Crippen molar-refractivity contribution in [2.24, 2.45) is 11.8 Å². The summed E-state index contributed by atoms with van der Waals surface area (Å²) in [7, 11) is 3.25. The monoisotopic (exact) mass is 647 g/mol. The van der Waals surface area contributed by atoms with Crippen LogP contribution in [0.15, 0.2) is 48.5 Å². The topological polar surface area (TPSA) is 89.6 Å². The largest absolute Gasteiger partial charge is 0.493 e. The van der Waals surface area contributed by atoms with E-state index >= 15 is 0 Å². The van der Waals surface area contributed by atoms with E-state index in [9.17, 15) is 9.59 Å². The molecule has 0 aliphatic carbocycles. The van der Waals surface area contributed by atoms with E-state index in [1.54, 1.807) is 32.4 Å². The fourth-order valence-corrected chi connectivity index (χ4v) is 5.52. The van der Waals surface area contributed by atoms with Gasteiger partial charge in [0.2, 0.25) is 0 Å². The number of piperidine rings is 1. The van der Waals surface area contributed by atoms with Crippen LogP contribution < -0.4 is 14.8 Å². The van der Waals surface area contributed by atoms with Crippen LogP contribution in [0.4, 0.5) is 4.79 Å². The minimum atomic E-state index is -0.267. The zero-order valence-electron chi connectivity index (χ0n) is 28.0. The van der Waals surface area contributed by atoms with Crippen LogP contribution in [0.2, 0.25) is 0 Å². The molecule has 0 aromatic heterocycles. The van der Waals surface area contributed by atoms with Crippen molar-refractivity contribution in [2.75, 3.05) is 60.2 Å². The first-order valence-electron chi connectivity index (χ1n) is 16.0. The fourth-order valence-electron chi connectivity index (χ4n) is 5.52. The number of hydrogen-bond donors (Lipinski definition) is 1. The van der Waals surface area contributed by atoms with Crippen LogP contribution in [0.1, 0.15) is 62.9 Å². The lowest BCUT2D eigenvalue weighted by Crippen LogP contribution is -2.54. The molecule has 0 bridgehead atoms. The summed E-state index contributed by atoms with van der Waals surface area (Å²) in [6, 6.07) is 15.5. The maximum Gasteiger partial charge on any atom is 0.409 e. The maximum absolute atomic E-state index is 13.9. The Balaban J connectivity index is 0.00000705. The number of nitrogens with one attached hydrogen (secondary N) is 1. The second-order valence-electron chi connectivity index (χ2n) is 12.3. The molecule has 0 unspecified atom stereocenters. The van der Waals surface area contributed by atoms with Gasteiger partial charge in [0.1, 0.15) is 0 Å². The van der Waals surface area contributed by atoms with Crippen molar-refractivity contribution in [3.8, 4) is 11.5 Å². The van der Waals surface area contributed by atoms with E-state index in [2.05, 4.69) is 31.3 Å². The van der Waals surface area contributed by atoms with Crippen LogP contribution in [0.25, 0.3) is 0 Å². The molecular formula is C35H54ClN3O6. The molecule has 1 aliphatic rings. The van der Waals surface area contributed by atoms with E-state index < -0.39 is 0 Å². The highest BCUT2D eigenvalue weighted by molar-refractivity contribution is 5.95. The molecule has 2 atom stereocenters. The minimum absolute atomic E-state index is 0. The van der Waals surface area contributed by atoms with Gasteiger partial charge in [-0.1, -0.05) is 44.2 Å². The summed E-state index contributed by atoms with van der Waals surface area (Å²) in [5.41, 5.74) is 1.75. The average Bonchev–Trinajstić information content (AvgIpc) is 3.02. The lowest BCUT2D eigenvalue weighted by molar-refractivity contribution is 0.0437. The van der Waals surface area contributed by atoms with Gasteiger partial charge in [0.05, 0.1) is 20.3 Å². The highest BCUT2D eigenvalue weighted by Gasteiger charge is 2.33. The number of methoxy groups -OCH3 is 2. The van der Waals surface area contributed by atoms with E-state index in [4.69, 9.17) is 18.9 Å². The van der Waals surface area contributed by atoms with Crippen molar-refractivity contribution >= 4 is 24.4 Å². The van der Waals surface area contributed by atoms with E-state index in [1.165, 1.54) is 5.56 Å². The standard InChI is InChI=1S/C35H53N3O6.ClH/c1-26(2)15-17-37(18-16-28-11-8-7-9-12-28)35(40)44-25-29-21-31(24-36-23-29)38(27(3)4)34(39)30-13-14-32(42-6)33(22-30)43-20-10-19-41-5;/h7-9,11-14,22,26-27,29,31,36H,10,15-21,23-25H2,1-6H3;1H/t29-,31+;/m0./s1. The molecule has 2 aromatic carbocycles. The predicted molar refractivity (Wildman–Crippen MR) is 181 cm³/mol. The van der Waals surface area contributed by atoms with Crippen LogP contribution in [-0.4, -0.2) is 94.1 Å². The Morgan fingerprint density at radius 1 is 0.956 bits per heavy atom. The Labute approximate surface area is 276 Å². The number of nitrogens with zero attached hydrogens (tertiary/aromatic N) is 2. The highest BCUT2D eigenvalue weighted by Crippen LogP contribution is 2.30. The second kappa shape index (κ2) is 20.2. The number of amides is 2. The van der Waals surface area contributed by atoms with Gasteiger partial charge in [-0.3, -0.25) is 4.79 Å². The Morgan fingerprint density at radius 3 is 2.38 bits per heavy atom. The first-order chi connectivity index (χ1) is 21.2. The molecule has 1 heterocycles. The van der Waals surface area contributed by atoms with E-state index in [1.807, 2.05) is 41.8 Å². The van der Waals surface area contributed by atoms with Gasteiger partial charge in [-0.2, -0.15) is 0 Å². The van der Waals surface area contributed by atoms with Crippen molar-refractivity contribution in [3.05, 3.63) is 59.7 Å². The van der Waals surface area contributed by atoms with Gasteiger partial charge in [0, 0.05) is 69.9 Å². The van der Waals surface area contributed by atoms with Gasteiger partial charge in [-0.15, -0.1) is 12.4 Å². The molecule has 2 amide bonds. The number of carbonyl (C=O) groups excluding carboxylic acids is 2. The molecule has 10 heteroatoms. The first-order valence-corrected chi connectivity index (χ1v) is 16.0. The normalized spacial score (nSPS) is 16.2. The highest BCUT2D eigenvalue weighted by atomic mass is 35.5. The molecule has 0 radical (unpaired) electrons. The Morgan fingerprint density at radius 2 is 1.71 bits per heavy atom. The first kappa shape index (κ1) is 38.2. The van der Waals surface area contributed by atoms with Crippen LogP contribution in [-0.2, 0) is 15.9 Å². The van der Waals surface area contributed by atoms with Gasteiger partial charge in [0.15, 0.2) is 11.5 Å². The zero-order chi connectivity index (χ0) is 31.9. The van der Waals surface area contributed by atoms with Gasteiger partial charge < -0.3 is 34.1 Å². The molecule has 1 fully saturated rings. The quantitative estimate of drug-likeness (QED) is 0.208. The lowest BCUT2D eigenvalue weighted by atomic mass is 9.94. The number of rotatable bonds is 17. The Kier molecular flexibility index (Phi) is 17.1. The van der Waals surface area contributed by atoms with Crippen molar-refractivity contribution in [3.63, 3.8) is 0 Å². The molecule has 1 saturated heterocycles. The third kappa shape index (κ3) is 12.4. The Hall–Kier alpha value is -3.01. The Bertz CT molecular complexity index is 1150. The number of carbonyl (C=O) groups is 2. The van der Waals surface area contributed by atoms with Crippen LogP contribution in [0.5, 0.6) is 11.5 Å². The van der Waals surface area contributed by atoms with E-state index in [0.29, 0.717) is 62.4 Å². The van der Waals surface area contributed by atoms with Gasteiger partial charge in [-0.25, -0.2) is 4.79 Å². The molecule has 45 heavy (non-hydrogen) atoms. The molecule has 2 aromatic rings. The fraction of sp³-hybridized carbons (Fsp3) is 0.600. The summed E-state index contributed by atoms with van der Waals surface area (Å²) >= 11 is 0. The predicted octanol–water partition coefficient (Wildman–Crippen LogP) is 6.09. The number of benzene rings is 2. The number of halogens is 1. The summed E-state index contributed by atoms with van der Waals surface area (Å²) in [5, 5.41) is 3.48. The lowest BCUT2D eigenvalue weighted by Gasteiger charge is -2.40. The van der Waals surface area contributed by atoms with Crippen molar-refractivity contribution < 1.29 is 28.5 Å². The van der Waals surface area contributed by atoms with Crippen molar-refractivity contribution in [1.29, 1.82) is 0 Å². The molecule has 252 valence electrons. The third-order valence-electron chi connectivity index (χ3n) is 7.95. The molecule has 1 N–H and O–H groups in total. The van der Waals surface area contributed by atoms with Crippen LogP contribution >= 0.6 is 12.4 Å². The van der Waals surface area contributed by atoms with Gasteiger partial charge >= 0.3 is 6.09 Å².